The number of rotatable bonds is 4. The summed E-state index contributed by atoms with van der Waals surface area (Å²) in [6.07, 6.45) is 1.09. The normalized spacial score (nSPS) is 12.5. The summed E-state index contributed by atoms with van der Waals surface area (Å²) in [5.74, 6) is -0.579. The molecule has 0 bridgehead atoms. The van der Waals surface area contributed by atoms with Crippen molar-refractivity contribution >= 4 is 5.97 Å². The first-order valence-corrected chi connectivity index (χ1v) is 5.33. The Bertz CT molecular complexity index is 356. The molecule has 0 aliphatic carbocycles. The van der Waals surface area contributed by atoms with Gasteiger partial charge in [-0.2, -0.15) is 0 Å². The molecule has 0 radical (unpaired) electrons. The largest absolute Gasteiger partial charge is 0.481 e. The molecular weight excluding hydrogens is 188 g/mol. The summed E-state index contributed by atoms with van der Waals surface area (Å²) in [6, 6.07) is 6.22. The predicted octanol–water partition coefficient (Wildman–Crippen LogP) is 3.27. The molecule has 1 rings (SSSR count). The first-order chi connectivity index (χ1) is 7.04. The molecule has 0 saturated carbocycles. The fourth-order valence-corrected chi connectivity index (χ4v) is 1.97. The van der Waals surface area contributed by atoms with Crippen LogP contribution in [0.3, 0.4) is 0 Å². The molecule has 82 valence electrons. The zero-order valence-corrected chi connectivity index (χ0v) is 9.58. The second-order valence-corrected chi connectivity index (χ2v) is 4.06. The molecule has 0 aromatic heterocycles. The molecule has 1 atom stereocenters. The smallest absolute Gasteiger partial charge is 0.303 e. The summed E-state index contributed by atoms with van der Waals surface area (Å²) in [6.45, 7) is 6.13. The first-order valence-electron chi connectivity index (χ1n) is 5.33. The van der Waals surface area contributed by atoms with Crippen LogP contribution in [0, 0.1) is 13.8 Å². The Balaban J connectivity index is 2.96. The third-order valence-corrected chi connectivity index (χ3v) is 2.78. The maximum Gasteiger partial charge on any atom is 0.303 e. The van der Waals surface area contributed by atoms with Crippen LogP contribution < -0.4 is 0 Å². The van der Waals surface area contributed by atoms with E-state index < -0.39 is 5.97 Å². The Labute approximate surface area is 90.9 Å². The summed E-state index contributed by atoms with van der Waals surface area (Å²) in [7, 11) is 0. The molecule has 0 aliphatic rings. The maximum absolute atomic E-state index is 10.7. The number of benzene rings is 1. The van der Waals surface area contributed by atoms with Crippen LogP contribution in [-0.4, -0.2) is 11.1 Å². The van der Waals surface area contributed by atoms with Crippen molar-refractivity contribution in [2.75, 3.05) is 0 Å². The van der Waals surface area contributed by atoms with Crippen molar-refractivity contribution in [3.63, 3.8) is 0 Å². The van der Waals surface area contributed by atoms with E-state index in [-0.39, 0.29) is 12.3 Å². The Morgan fingerprint density at radius 2 is 2.07 bits per heavy atom. The SMILES string of the molecule is CC[C@@H](CC(=O)O)c1ccc(C)cc1C. The van der Waals surface area contributed by atoms with Gasteiger partial charge in [0.25, 0.3) is 0 Å². The van der Waals surface area contributed by atoms with Gasteiger partial charge < -0.3 is 5.11 Å². The average molecular weight is 206 g/mol. The van der Waals surface area contributed by atoms with Gasteiger partial charge in [0, 0.05) is 0 Å². The number of aliphatic carboxylic acids is 1. The van der Waals surface area contributed by atoms with Crippen LogP contribution in [0.5, 0.6) is 0 Å². The Hall–Kier alpha value is -1.31. The van der Waals surface area contributed by atoms with Crippen molar-refractivity contribution in [3.8, 4) is 0 Å². The van der Waals surface area contributed by atoms with Gasteiger partial charge in [0.05, 0.1) is 6.42 Å². The molecule has 0 amide bonds. The van der Waals surface area contributed by atoms with Gasteiger partial charge in [-0.3, -0.25) is 4.79 Å². The fourth-order valence-electron chi connectivity index (χ4n) is 1.97. The van der Waals surface area contributed by atoms with E-state index in [4.69, 9.17) is 5.11 Å². The van der Waals surface area contributed by atoms with Crippen LogP contribution in [0.15, 0.2) is 18.2 Å². The summed E-state index contributed by atoms with van der Waals surface area (Å²) < 4.78 is 0. The zero-order valence-electron chi connectivity index (χ0n) is 9.58. The highest BCUT2D eigenvalue weighted by Crippen LogP contribution is 2.26. The highest BCUT2D eigenvalue weighted by atomic mass is 16.4. The van der Waals surface area contributed by atoms with Crippen molar-refractivity contribution in [1.82, 2.24) is 0 Å². The average Bonchev–Trinajstić information content (AvgIpc) is 2.14. The minimum Gasteiger partial charge on any atom is -0.481 e. The molecule has 15 heavy (non-hydrogen) atoms. The monoisotopic (exact) mass is 206 g/mol. The molecular formula is C13H18O2. The molecule has 2 nitrogen and oxygen atoms in total. The number of carboxylic acid groups (broad SMARTS) is 1. The number of hydrogen-bond donors (Lipinski definition) is 1. The van der Waals surface area contributed by atoms with Gasteiger partial charge in [-0.25, -0.2) is 0 Å². The van der Waals surface area contributed by atoms with Gasteiger partial charge in [0.1, 0.15) is 0 Å². The minimum atomic E-state index is -0.721. The van der Waals surface area contributed by atoms with Crippen LogP contribution in [0.2, 0.25) is 0 Å². The molecule has 1 aromatic carbocycles. The Morgan fingerprint density at radius 1 is 1.40 bits per heavy atom. The summed E-state index contributed by atoms with van der Waals surface area (Å²) in [4.78, 5) is 10.7. The van der Waals surface area contributed by atoms with E-state index in [1.165, 1.54) is 16.7 Å². The summed E-state index contributed by atoms with van der Waals surface area (Å²) in [5, 5.41) is 8.82. The van der Waals surface area contributed by atoms with Crippen LogP contribution in [0.1, 0.15) is 42.4 Å². The molecule has 0 aliphatic heterocycles. The van der Waals surface area contributed by atoms with Crippen molar-refractivity contribution in [3.05, 3.63) is 34.9 Å². The van der Waals surface area contributed by atoms with Gasteiger partial charge in [-0.05, 0) is 37.3 Å². The van der Waals surface area contributed by atoms with E-state index >= 15 is 0 Å². The zero-order chi connectivity index (χ0) is 11.4. The van der Waals surface area contributed by atoms with Gasteiger partial charge in [0.2, 0.25) is 0 Å². The highest BCUT2D eigenvalue weighted by molar-refractivity contribution is 5.68. The third-order valence-electron chi connectivity index (χ3n) is 2.78. The van der Waals surface area contributed by atoms with Crippen LogP contribution in [-0.2, 0) is 4.79 Å². The molecule has 1 aromatic rings. The minimum absolute atomic E-state index is 0.142. The number of carboxylic acids is 1. The third kappa shape index (κ3) is 3.08. The quantitative estimate of drug-likeness (QED) is 0.820. The lowest BCUT2D eigenvalue weighted by Crippen LogP contribution is -2.07. The second-order valence-electron chi connectivity index (χ2n) is 4.06. The van der Waals surface area contributed by atoms with Crippen LogP contribution in [0.25, 0.3) is 0 Å². The van der Waals surface area contributed by atoms with Crippen molar-refractivity contribution in [1.29, 1.82) is 0 Å². The molecule has 0 saturated heterocycles. The second kappa shape index (κ2) is 4.96. The Kier molecular flexibility index (Phi) is 3.89. The highest BCUT2D eigenvalue weighted by Gasteiger charge is 2.15. The molecule has 0 heterocycles. The van der Waals surface area contributed by atoms with Gasteiger partial charge >= 0.3 is 5.97 Å². The van der Waals surface area contributed by atoms with Crippen LogP contribution in [0.4, 0.5) is 0 Å². The molecule has 0 unspecified atom stereocenters. The lowest BCUT2D eigenvalue weighted by molar-refractivity contribution is -0.137. The first kappa shape index (κ1) is 11.8. The van der Waals surface area contributed by atoms with E-state index in [2.05, 4.69) is 19.1 Å². The van der Waals surface area contributed by atoms with Crippen LogP contribution >= 0.6 is 0 Å². The van der Waals surface area contributed by atoms with Gasteiger partial charge in [0.15, 0.2) is 0 Å². The predicted molar refractivity (Wildman–Crippen MR) is 61.2 cm³/mol. The topological polar surface area (TPSA) is 37.3 Å². The standard InChI is InChI=1S/C13H18O2/c1-4-11(8-13(14)15)12-6-5-9(2)7-10(12)3/h5-7,11H,4,8H2,1-3H3,(H,14,15)/t11-/m0/s1. The lowest BCUT2D eigenvalue weighted by Gasteiger charge is -2.16. The summed E-state index contributed by atoms with van der Waals surface area (Å²) >= 11 is 0. The molecule has 0 spiro atoms. The van der Waals surface area contributed by atoms with E-state index in [1.807, 2.05) is 19.9 Å². The van der Waals surface area contributed by atoms with E-state index in [0.717, 1.165) is 6.42 Å². The number of hydrogen-bond acceptors (Lipinski definition) is 1. The molecule has 0 fully saturated rings. The lowest BCUT2D eigenvalue weighted by atomic mass is 9.89. The maximum atomic E-state index is 10.7. The van der Waals surface area contributed by atoms with E-state index in [0.29, 0.717) is 0 Å². The molecule has 2 heteroatoms. The Morgan fingerprint density at radius 3 is 2.53 bits per heavy atom. The number of carbonyl (C=O) groups is 1. The van der Waals surface area contributed by atoms with Gasteiger partial charge in [-0.15, -0.1) is 0 Å². The van der Waals surface area contributed by atoms with E-state index in [9.17, 15) is 4.79 Å². The van der Waals surface area contributed by atoms with E-state index in [1.54, 1.807) is 0 Å². The fraction of sp³-hybridized carbons (Fsp3) is 0.462. The number of aryl methyl sites for hydroxylation is 2. The van der Waals surface area contributed by atoms with Crippen molar-refractivity contribution < 1.29 is 9.90 Å². The molecule has 1 N–H and O–H groups in total. The van der Waals surface area contributed by atoms with Crippen molar-refractivity contribution in [2.24, 2.45) is 0 Å². The summed E-state index contributed by atoms with van der Waals surface area (Å²) in [5.41, 5.74) is 3.59. The van der Waals surface area contributed by atoms with Crippen molar-refractivity contribution in [2.45, 2.75) is 39.5 Å². The van der Waals surface area contributed by atoms with Gasteiger partial charge in [-0.1, -0.05) is 30.7 Å².